The zero-order chi connectivity index (χ0) is 15.0. The van der Waals surface area contributed by atoms with Crippen molar-refractivity contribution < 1.29 is 9.59 Å². The van der Waals surface area contributed by atoms with Crippen molar-refractivity contribution in [3.05, 3.63) is 22.4 Å². The van der Waals surface area contributed by atoms with Crippen LogP contribution in [-0.4, -0.2) is 53.8 Å². The number of carbonyl (C=O) groups excluding carboxylic acids is 2. The Hall–Kier alpha value is -1.44. The van der Waals surface area contributed by atoms with Crippen molar-refractivity contribution >= 4 is 43.9 Å². The fraction of sp³-hybridized carbons (Fsp3) is 0.429. The van der Waals surface area contributed by atoms with Crippen molar-refractivity contribution in [1.82, 2.24) is 9.80 Å². The molecule has 0 bridgehead atoms. The number of carbonyl (C=O) groups is 2. The van der Waals surface area contributed by atoms with Crippen LogP contribution in [0.1, 0.15) is 16.6 Å². The minimum atomic E-state index is -0.476. The lowest BCUT2D eigenvalue weighted by Crippen LogP contribution is -2.53. The van der Waals surface area contributed by atoms with Gasteiger partial charge in [-0.3, -0.25) is 9.59 Å². The summed E-state index contributed by atoms with van der Waals surface area (Å²) in [6, 6.07) is 3.53. The van der Waals surface area contributed by atoms with E-state index in [-0.39, 0.29) is 11.8 Å². The molecule has 1 fully saturated rings. The lowest BCUT2D eigenvalue weighted by atomic mass is 10.2. The smallest absolute Gasteiger partial charge is 0.264 e. The van der Waals surface area contributed by atoms with Crippen LogP contribution in [0.2, 0.25) is 0 Å². The van der Waals surface area contributed by atoms with Gasteiger partial charge in [-0.1, -0.05) is 0 Å². The predicted molar refractivity (Wildman–Crippen MR) is 85.8 cm³/mol. The fourth-order valence-corrected chi connectivity index (χ4v) is 4.52. The van der Waals surface area contributed by atoms with Gasteiger partial charge in [0.25, 0.3) is 5.91 Å². The zero-order valence-corrected chi connectivity index (χ0v) is 13.4. The molecular formula is C14H17N3O2S2. The van der Waals surface area contributed by atoms with E-state index >= 15 is 0 Å². The van der Waals surface area contributed by atoms with Gasteiger partial charge in [0.05, 0.1) is 10.9 Å². The Morgan fingerprint density at radius 2 is 1.86 bits per heavy atom. The minimum Gasteiger partial charge on any atom is -0.338 e. The average molecular weight is 323 g/mol. The fourth-order valence-electron chi connectivity index (χ4n) is 2.44. The van der Waals surface area contributed by atoms with Crippen molar-refractivity contribution in [2.75, 3.05) is 26.2 Å². The second-order valence-corrected chi connectivity index (χ2v) is 7.20. The maximum Gasteiger partial charge on any atom is 0.264 e. The summed E-state index contributed by atoms with van der Waals surface area (Å²) in [4.78, 5) is 28.7. The van der Waals surface area contributed by atoms with Crippen LogP contribution in [0, 0.1) is 0 Å². The molecule has 2 aromatic rings. The van der Waals surface area contributed by atoms with E-state index in [0.29, 0.717) is 26.2 Å². The normalized spacial score (nSPS) is 17.2. The molecule has 0 unspecified atom stereocenters. The molecule has 7 heteroatoms. The van der Waals surface area contributed by atoms with E-state index in [1.54, 1.807) is 23.2 Å². The number of amides is 2. The van der Waals surface area contributed by atoms with Gasteiger partial charge in [0.1, 0.15) is 0 Å². The Bertz CT molecular complexity index is 640. The molecule has 0 radical (unpaired) electrons. The van der Waals surface area contributed by atoms with E-state index in [2.05, 4.69) is 0 Å². The SMILES string of the molecule is C[C@H](N)C(=O)N1CCN(C(=O)c2cc3sccc3s2)CC1. The second-order valence-electron chi connectivity index (χ2n) is 5.17. The number of piperazine rings is 1. The molecule has 1 aliphatic rings. The summed E-state index contributed by atoms with van der Waals surface area (Å²) in [6.45, 7) is 3.96. The van der Waals surface area contributed by atoms with E-state index in [4.69, 9.17) is 5.73 Å². The van der Waals surface area contributed by atoms with Crippen molar-refractivity contribution in [2.24, 2.45) is 5.73 Å². The molecule has 0 aliphatic carbocycles. The van der Waals surface area contributed by atoms with Crippen LogP contribution in [0.4, 0.5) is 0 Å². The maximum atomic E-state index is 12.5. The van der Waals surface area contributed by atoms with Crippen LogP contribution >= 0.6 is 22.7 Å². The van der Waals surface area contributed by atoms with E-state index < -0.39 is 6.04 Å². The molecular weight excluding hydrogens is 306 g/mol. The number of fused-ring (bicyclic) bond motifs is 1. The molecule has 2 N–H and O–H groups in total. The highest BCUT2D eigenvalue weighted by molar-refractivity contribution is 7.27. The second kappa shape index (κ2) is 5.75. The first-order valence-electron chi connectivity index (χ1n) is 6.87. The summed E-state index contributed by atoms with van der Waals surface area (Å²) in [7, 11) is 0. The summed E-state index contributed by atoms with van der Waals surface area (Å²) in [6.07, 6.45) is 0. The molecule has 2 aromatic heterocycles. The van der Waals surface area contributed by atoms with Crippen molar-refractivity contribution in [2.45, 2.75) is 13.0 Å². The third-order valence-corrected chi connectivity index (χ3v) is 5.70. The first-order valence-corrected chi connectivity index (χ1v) is 8.56. The Labute approximate surface area is 130 Å². The first-order chi connectivity index (χ1) is 10.1. The number of thiophene rings is 2. The molecule has 1 aliphatic heterocycles. The van der Waals surface area contributed by atoms with Gasteiger partial charge in [-0.05, 0) is 24.4 Å². The van der Waals surface area contributed by atoms with Gasteiger partial charge in [-0.15, -0.1) is 22.7 Å². The molecule has 1 atom stereocenters. The number of nitrogens with zero attached hydrogens (tertiary/aromatic N) is 2. The van der Waals surface area contributed by atoms with E-state index in [0.717, 1.165) is 14.3 Å². The lowest BCUT2D eigenvalue weighted by molar-refractivity contribution is -0.133. The van der Waals surface area contributed by atoms with E-state index in [9.17, 15) is 9.59 Å². The molecule has 0 aromatic carbocycles. The zero-order valence-electron chi connectivity index (χ0n) is 11.7. The molecule has 3 rings (SSSR count). The number of hydrogen-bond donors (Lipinski definition) is 1. The van der Waals surface area contributed by atoms with Gasteiger partial charge in [0.15, 0.2) is 0 Å². The van der Waals surface area contributed by atoms with Gasteiger partial charge in [0.2, 0.25) is 5.91 Å². The summed E-state index contributed by atoms with van der Waals surface area (Å²) in [5.74, 6) is 0.0232. The summed E-state index contributed by atoms with van der Waals surface area (Å²) >= 11 is 3.19. The standard InChI is InChI=1S/C14H17N3O2S2/c1-9(15)13(18)16-3-5-17(6-4-16)14(19)12-8-11-10(21-12)2-7-20-11/h2,7-9H,3-6,15H2,1H3/t9-/m0/s1. The van der Waals surface area contributed by atoms with E-state index in [1.165, 1.54) is 11.3 Å². The first kappa shape index (κ1) is 14.5. The van der Waals surface area contributed by atoms with Crippen molar-refractivity contribution in [1.29, 1.82) is 0 Å². The Morgan fingerprint density at radius 3 is 2.48 bits per heavy atom. The summed E-state index contributed by atoms with van der Waals surface area (Å²) in [5, 5.41) is 2.04. The molecule has 0 saturated carbocycles. The lowest BCUT2D eigenvalue weighted by Gasteiger charge is -2.35. The van der Waals surface area contributed by atoms with Crippen molar-refractivity contribution in [3.8, 4) is 0 Å². The molecule has 1 saturated heterocycles. The van der Waals surface area contributed by atoms with Crippen LogP contribution in [-0.2, 0) is 4.79 Å². The molecule has 3 heterocycles. The maximum absolute atomic E-state index is 12.5. The van der Waals surface area contributed by atoms with Crippen LogP contribution in [0.15, 0.2) is 17.5 Å². The molecule has 0 spiro atoms. The highest BCUT2D eigenvalue weighted by Crippen LogP contribution is 2.30. The van der Waals surface area contributed by atoms with Gasteiger partial charge in [0, 0.05) is 35.6 Å². The Balaban J connectivity index is 1.65. The van der Waals surface area contributed by atoms with Crippen LogP contribution in [0.25, 0.3) is 9.40 Å². The number of nitrogens with two attached hydrogens (primary N) is 1. The topological polar surface area (TPSA) is 66.6 Å². The Morgan fingerprint density at radius 1 is 1.19 bits per heavy atom. The highest BCUT2D eigenvalue weighted by Gasteiger charge is 2.26. The summed E-state index contributed by atoms with van der Waals surface area (Å²) < 4.78 is 2.32. The largest absolute Gasteiger partial charge is 0.338 e. The van der Waals surface area contributed by atoms with Gasteiger partial charge in [-0.25, -0.2) is 0 Å². The summed E-state index contributed by atoms with van der Waals surface area (Å²) in [5.41, 5.74) is 5.61. The molecule has 112 valence electrons. The van der Waals surface area contributed by atoms with Gasteiger partial charge >= 0.3 is 0 Å². The van der Waals surface area contributed by atoms with Crippen molar-refractivity contribution in [3.63, 3.8) is 0 Å². The predicted octanol–water partition coefficient (Wildman–Crippen LogP) is 1.59. The minimum absolute atomic E-state index is 0.0428. The molecule has 5 nitrogen and oxygen atoms in total. The van der Waals surface area contributed by atoms with Crippen LogP contribution < -0.4 is 5.73 Å². The third-order valence-electron chi connectivity index (χ3n) is 3.62. The highest BCUT2D eigenvalue weighted by atomic mass is 32.1. The van der Waals surface area contributed by atoms with Crippen LogP contribution in [0.5, 0.6) is 0 Å². The molecule has 2 amide bonds. The number of rotatable bonds is 2. The molecule has 21 heavy (non-hydrogen) atoms. The van der Waals surface area contributed by atoms with Gasteiger partial charge < -0.3 is 15.5 Å². The van der Waals surface area contributed by atoms with Gasteiger partial charge in [-0.2, -0.15) is 0 Å². The van der Waals surface area contributed by atoms with E-state index in [1.807, 2.05) is 22.4 Å². The van der Waals surface area contributed by atoms with Crippen LogP contribution in [0.3, 0.4) is 0 Å². The number of hydrogen-bond acceptors (Lipinski definition) is 5. The monoisotopic (exact) mass is 323 g/mol. The average Bonchev–Trinajstić information content (AvgIpc) is 3.07. The Kier molecular flexibility index (Phi) is 3.97. The third kappa shape index (κ3) is 2.81. The quantitative estimate of drug-likeness (QED) is 0.913.